The van der Waals surface area contributed by atoms with Crippen molar-refractivity contribution in [2.24, 2.45) is 0 Å². The van der Waals surface area contributed by atoms with Gasteiger partial charge in [0.25, 0.3) is 0 Å². The lowest BCUT2D eigenvalue weighted by molar-refractivity contribution is -0.124. The molecule has 2 saturated heterocycles. The molecule has 4 rings (SSSR count). The van der Waals surface area contributed by atoms with Crippen molar-refractivity contribution in [1.82, 2.24) is 9.21 Å². The first-order valence-corrected chi connectivity index (χ1v) is 13.2. The molecule has 7 nitrogen and oxygen atoms in total. The summed E-state index contributed by atoms with van der Waals surface area (Å²) in [6.45, 7) is 4.68. The third kappa shape index (κ3) is 5.30. The standard InChI is InChI=1S/C23H35N3O4S/c1-18-10-11-19(16-22(18)31(28,29)26-12-6-2-3-7-13-26)24-23(27)17-25-14-15-30-21-9-5-4-8-20(21)25/h10-11,16,20-21H,2-9,12-15,17H2,1H3,(H,24,27). The van der Waals surface area contributed by atoms with Crippen LogP contribution in [0, 0.1) is 6.92 Å². The molecule has 1 N–H and O–H groups in total. The summed E-state index contributed by atoms with van der Waals surface area (Å²) in [5.74, 6) is -0.104. The number of anilines is 1. The maximum absolute atomic E-state index is 13.3. The summed E-state index contributed by atoms with van der Waals surface area (Å²) in [5.41, 5.74) is 1.25. The number of ether oxygens (including phenoxy) is 1. The fraction of sp³-hybridized carbons (Fsp3) is 0.696. The topological polar surface area (TPSA) is 79.0 Å². The lowest BCUT2D eigenvalue weighted by Crippen LogP contribution is -2.54. The predicted molar refractivity (Wildman–Crippen MR) is 121 cm³/mol. The Morgan fingerprint density at radius 3 is 2.58 bits per heavy atom. The first kappa shape index (κ1) is 22.7. The Balaban J connectivity index is 1.45. The number of aryl methyl sites for hydroxylation is 1. The highest BCUT2D eigenvalue weighted by molar-refractivity contribution is 7.89. The van der Waals surface area contributed by atoms with E-state index in [9.17, 15) is 13.2 Å². The van der Waals surface area contributed by atoms with E-state index in [0.717, 1.165) is 45.1 Å². The molecule has 0 aromatic heterocycles. The zero-order valence-corrected chi connectivity index (χ0v) is 19.3. The Morgan fingerprint density at radius 2 is 1.81 bits per heavy atom. The zero-order valence-electron chi connectivity index (χ0n) is 18.5. The maximum atomic E-state index is 13.3. The van der Waals surface area contributed by atoms with Crippen LogP contribution in [0.15, 0.2) is 23.1 Å². The number of sulfonamides is 1. The first-order chi connectivity index (χ1) is 14.9. The Bertz CT molecular complexity index is 879. The van der Waals surface area contributed by atoms with Gasteiger partial charge in [0, 0.05) is 31.4 Å². The van der Waals surface area contributed by atoms with Gasteiger partial charge in [0.05, 0.1) is 24.2 Å². The van der Waals surface area contributed by atoms with E-state index in [4.69, 9.17) is 4.74 Å². The summed E-state index contributed by atoms with van der Waals surface area (Å²) in [6.07, 6.45) is 8.69. The summed E-state index contributed by atoms with van der Waals surface area (Å²) >= 11 is 0. The SMILES string of the molecule is Cc1ccc(NC(=O)CN2CCOC3CCCCC32)cc1S(=O)(=O)N1CCCCCC1. The van der Waals surface area contributed by atoms with E-state index in [2.05, 4.69) is 10.2 Å². The van der Waals surface area contributed by atoms with Gasteiger partial charge in [-0.25, -0.2) is 8.42 Å². The number of morpholine rings is 1. The molecule has 0 bridgehead atoms. The molecule has 2 atom stereocenters. The van der Waals surface area contributed by atoms with Crippen LogP contribution in [0.3, 0.4) is 0 Å². The number of rotatable bonds is 5. The molecule has 1 aliphatic carbocycles. The first-order valence-electron chi connectivity index (χ1n) is 11.7. The Morgan fingerprint density at radius 1 is 1.06 bits per heavy atom. The number of hydrogen-bond donors (Lipinski definition) is 1. The number of amides is 1. The molecule has 1 saturated carbocycles. The van der Waals surface area contributed by atoms with Crippen LogP contribution in [0.4, 0.5) is 5.69 Å². The van der Waals surface area contributed by atoms with Crippen molar-refractivity contribution in [2.45, 2.75) is 75.3 Å². The fourth-order valence-corrected chi connectivity index (χ4v) is 6.90. The molecule has 172 valence electrons. The van der Waals surface area contributed by atoms with Crippen LogP contribution >= 0.6 is 0 Å². The third-order valence-electron chi connectivity index (χ3n) is 6.85. The third-order valence-corrected chi connectivity index (χ3v) is 8.89. The highest BCUT2D eigenvalue weighted by Crippen LogP contribution is 2.29. The Kier molecular flexibility index (Phi) is 7.31. The zero-order chi connectivity index (χ0) is 21.8. The van der Waals surface area contributed by atoms with Crippen LogP contribution in [0.1, 0.15) is 56.9 Å². The Hall–Kier alpha value is -1.48. The van der Waals surface area contributed by atoms with Crippen LogP contribution in [0.2, 0.25) is 0 Å². The van der Waals surface area contributed by atoms with E-state index in [0.29, 0.717) is 48.4 Å². The molecule has 3 fully saturated rings. The van der Waals surface area contributed by atoms with E-state index in [-0.39, 0.29) is 12.0 Å². The van der Waals surface area contributed by atoms with Gasteiger partial charge in [-0.1, -0.05) is 31.7 Å². The summed E-state index contributed by atoms with van der Waals surface area (Å²) in [6, 6.07) is 5.50. The van der Waals surface area contributed by atoms with Crippen LogP contribution in [-0.2, 0) is 19.6 Å². The second-order valence-corrected chi connectivity index (χ2v) is 11.0. The molecule has 0 spiro atoms. The highest BCUT2D eigenvalue weighted by Gasteiger charge is 2.35. The average molecular weight is 450 g/mol. The van der Waals surface area contributed by atoms with E-state index < -0.39 is 10.0 Å². The van der Waals surface area contributed by atoms with E-state index >= 15 is 0 Å². The van der Waals surface area contributed by atoms with Crippen molar-refractivity contribution in [3.63, 3.8) is 0 Å². The molecule has 3 aliphatic rings. The monoisotopic (exact) mass is 449 g/mol. The normalized spacial score (nSPS) is 26.1. The highest BCUT2D eigenvalue weighted by atomic mass is 32.2. The molecule has 0 radical (unpaired) electrons. The number of carbonyl (C=O) groups excluding carboxylic acids is 1. The molecule has 1 aromatic carbocycles. The Labute approximate surface area is 186 Å². The van der Waals surface area contributed by atoms with Gasteiger partial charge in [0.2, 0.25) is 15.9 Å². The van der Waals surface area contributed by atoms with Crippen LogP contribution in [0.25, 0.3) is 0 Å². The van der Waals surface area contributed by atoms with Crippen LogP contribution in [0.5, 0.6) is 0 Å². The quantitative estimate of drug-likeness (QED) is 0.747. The average Bonchev–Trinajstić information content (AvgIpc) is 3.05. The van der Waals surface area contributed by atoms with Gasteiger partial charge in [-0.15, -0.1) is 0 Å². The van der Waals surface area contributed by atoms with E-state index in [1.54, 1.807) is 22.5 Å². The predicted octanol–water partition coefficient (Wildman–Crippen LogP) is 3.14. The van der Waals surface area contributed by atoms with Gasteiger partial charge >= 0.3 is 0 Å². The maximum Gasteiger partial charge on any atom is 0.243 e. The molecule has 31 heavy (non-hydrogen) atoms. The van der Waals surface area contributed by atoms with E-state index in [1.165, 1.54) is 12.8 Å². The number of carbonyl (C=O) groups is 1. The fourth-order valence-electron chi connectivity index (χ4n) is 5.13. The van der Waals surface area contributed by atoms with Crippen LogP contribution < -0.4 is 5.32 Å². The second kappa shape index (κ2) is 9.98. The minimum absolute atomic E-state index is 0.104. The summed E-state index contributed by atoms with van der Waals surface area (Å²) in [7, 11) is -3.56. The van der Waals surface area contributed by atoms with Crippen LogP contribution in [-0.4, -0.2) is 68.5 Å². The summed E-state index contributed by atoms with van der Waals surface area (Å²) < 4.78 is 34.0. The van der Waals surface area contributed by atoms with Gasteiger partial charge < -0.3 is 10.1 Å². The van der Waals surface area contributed by atoms with Crippen molar-refractivity contribution in [3.8, 4) is 0 Å². The van der Waals surface area contributed by atoms with Gasteiger partial charge in [-0.3, -0.25) is 9.69 Å². The number of fused-ring (bicyclic) bond motifs is 1. The van der Waals surface area contributed by atoms with Crippen molar-refractivity contribution < 1.29 is 17.9 Å². The van der Waals surface area contributed by atoms with Crippen molar-refractivity contribution in [2.75, 3.05) is 38.1 Å². The number of hydrogen-bond acceptors (Lipinski definition) is 5. The smallest absolute Gasteiger partial charge is 0.243 e. The molecule has 2 heterocycles. The number of nitrogens with zero attached hydrogens (tertiary/aromatic N) is 2. The van der Waals surface area contributed by atoms with Crippen molar-refractivity contribution in [3.05, 3.63) is 23.8 Å². The van der Waals surface area contributed by atoms with Gasteiger partial charge in [0.15, 0.2) is 0 Å². The molecule has 2 unspecified atom stereocenters. The molecule has 2 aliphatic heterocycles. The van der Waals surface area contributed by atoms with Gasteiger partial charge in [-0.05, 0) is 50.3 Å². The van der Waals surface area contributed by atoms with Crippen molar-refractivity contribution >= 4 is 21.6 Å². The molecule has 1 aromatic rings. The summed E-state index contributed by atoms with van der Waals surface area (Å²) in [4.78, 5) is 15.3. The molecular formula is C23H35N3O4S. The molecule has 8 heteroatoms. The lowest BCUT2D eigenvalue weighted by Gasteiger charge is -2.43. The van der Waals surface area contributed by atoms with Gasteiger partial charge in [0.1, 0.15) is 0 Å². The minimum Gasteiger partial charge on any atom is -0.375 e. The minimum atomic E-state index is -3.56. The van der Waals surface area contributed by atoms with E-state index in [1.807, 2.05) is 6.92 Å². The molecular weight excluding hydrogens is 414 g/mol. The van der Waals surface area contributed by atoms with Crippen molar-refractivity contribution in [1.29, 1.82) is 0 Å². The summed E-state index contributed by atoms with van der Waals surface area (Å²) in [5, 5.41) is 2.94. The number of benzene rings is 1. The molecule has 1 amide bonds. The van der Waals surface area contributed by atoms with Gasteiger partial charge in [-0.2, -0.15) is 4.31 Å². The largest absolute Gasteiger partial charge is 0.375 e. The lowest BCUT2D eigenvalue weighted by atomic mass is 9.90. The number of nitrogens with one attached hydrogen (secondary N) is 1. The second-order valence-electron chi connectivity index (χ2n) is 9.08.